The van der Waals surface area contributed by atoms with E-state index in [1.54, 1.807) is 6.08 Å². The van der Waals surface area contributed by atoms with Crippen LogP contribution >= 0.6 is 0 Å². The summed E-state index contributed by atoms with van der Waals surface area (Å²) in [7, 11) is 0. The van der Waals surface area contributed by atoms with Crippen molar-refractivity contribution < 1.29 is 17.6 Å². The SMILES string of the molecule is CCCCC(CC)CC1(CC(CC)CCCC)c2cc(/C=C/c3c(C)c(F)c(F)c(F)c3F)ccc2-c2ccc(C(C)C)cc21. The summed E-state index contributed by atoms with van der Waals surface area (Å²) in [4.78, 5) is 0. The minimum absolute atomic E-state index is 0.169. The summed E-state index contributed by atoms with van der Waals surface area (Å²) in [5.41, 5.74) is 6.78. The van der Waals surface area contributed by atoms with Gasteiger partial charge in [-0.1, -0.05) is 141 Å². The Morgan fingerprint density at radius 3 is 1.73 bits per heavy atom. The minimum Gasteiger partial charge on any atom is -0.203 e. The molecule has 2 atom stereocenters. The van der Waals surface area contributed by atoms with Crippen LogP contribution in [0.5, 0.6) is 0 Å². The van der Waals surface area contributed by atoms with Crippen LogP contribution in [0.15, 0.2) is 36.4 Å². The highest BCUT2D eigenvalue weighted by molar-refractivity contribution is 5.84. The molecule has 244 valence electrons. The Morgan fingerprint density at radius 1 is 0.667 bits per heavy atom. The van der Waals surface area contributed by atoms with Crippen LogP contribution in [0.3, 0.4) is 0 Å². The van der Waals surface area contributed by atoms with Gasteiger partial charge in [-0.2, -0.15) is 0 Å². The lowest BCUT2D eigenvalue weighted by molar-refractivity contribution is 0.266. The smallest absolute Gasteiger partial charge is 0.198 e. The molecule has 0 amide bonds. The Morgan fingerprint density at radius 2 is 1.20 bits per heavy atom. The highest BCUT2D eigenvalue weighted by atomic mass is 19.2. The molecule has 0 saturated carbocycles. The Labute approximate surface area is 269 Å². The van der Waals surface area contributed by atoms with Crippen LogP contribution in [0.1, 0.15) is 145 Å². The number of halogens is 4. The van der Waals surface area contributed by atoms with Crippen molar-refractivity contribution in [3.05, 3.63) is 93.0 Å². The number of fused-ring (bicyclic) bond motifs is 3. The third-order valence-electron chi connectivity index (χ3n) is 10.4. The second-order valence-corrected chi connectivity index (χ2v) is 13.7. The molecule has 0 fully saturated rings. The van der Waals surface area contributed by atoms with E-state index in [4.69, 9.17) is 0 Å². The van der Waals surface area contributed by atoms with Crippen LogP contribution in [0, 0.1) is 42.0 Å². The molecule has 0 aromatic heterocycles. The van der Waals surface area contributed by atoms with Crippen molar-refractivity contribution in [1.82, 2.24) is 0 Å². The molecular formula is C41H52F4. The molecule has 2 unspecified atom stereocenters. The first-order valence-electron chi connectivity index (χ1n) is 17.3. The normalized spacial score (nSPS) is 17.2. The minimum atomic E-state index is -1.78. The van der Waals surface area contributed by atoms with Gasteiger partial charge in [0.05, 0.1) is 0 Å². The number of rotatable bonds is 15. The fourth-order valence-electron chi connectivity index (χ4n) is 7.52. The Bertz CT molecular complexity index is 1450. The summed E-state index contributed by atoms with van der Waals surface area (Å²) >= 11 is 0. The number of hydrogen-bond donors (Lipinski definition) is 0. The molecular weight excluding hydrogens is 568 g/mol. The second kappa shape index (κ2) is 15.1. The summed E-state index contributed by atoms with van der Waals surface area (Å²) in [6.45, 7) is 14.9. The number of unbranched alkanes of at least 4 members (excludes halogenated alkanes) is 2. The van der Waals surface area contributed by atoms with Gasteiger partial charge in [0.15, 0.2) is 23.3 Å². The summed E-state index contributed by atoms with van der Waals surface area (Å²) in [6, 6.07) is 13.4. The Balaban J connectivity index is 1.93. The van der Waals surface area contributed by atoms with Gasteiger partial charge in [0.25, 0.3) is 0 Å². The average Bonchev–Trinajstić information content (AvgIpc) is 3.30. The van der Waals surface area contributed by atoms with Crippen molar-refractivity contribution >= 4 is 12.2 Å². The van der Waals surface area contributed by atoms with E-state index in [0.717, 1.165) is 31.2 Å². The summed E-state index contributed by atoms with van der Waals surface area (Å²) in [6.07, 6.45) is 14.7. The molecule has 0 saturated heterocycles. The van der Waals surface area contributed by atoms with Crippen LogP contribution in [-0.2, 0) is 5.41 Å². The largest absolute Gasteiger partial charge is 0.203 e. The summed E-state index contributed by atoms with van der Waals surface area (Å²) in [5, 5.41) is 0. The molecule has 4 rings (SSSR count). The molecule has 0 spiro atoms. The van der Waals surface area contributed by atoms with Gasteiger partial charge in [-0.05, 0) is 76.5 Å². The number of benzene rings is 3. The van der Waals surface area contributed by atoms with Gasteiger partial charge in [0.1, 0.15) is 0 Å². The van der Waals surface area contributed by atoms with Gasteiger partial charge >= 0.3 is 0 Å². The van der Waals surface area contributed by atoms with Gasteiger partial charge in [0, 0.05) is 11.0 Å². The highest BCUT2D eigenvalue weighted by Gasteiger charge is 2.45. The molecule has 1 aliphatic rings. The zero-order valence-electron chi connectivity index (χ0n) is 28.4. The summed E-state index contributed by atoms with van der Waals surface area (Å²) in [5.74, 6) is -4.70. The van der Waals surface area contributed by atoms with Crippen molar-refractivity contribution in [2.75, 3.05) is 0 Å². The fraction of sp³-hybridized carbons (Fsp3) is 0.512. The molecule has 0 radical (unpaired) electrons. The maximum atomic E-state index is 14.8. The third kappa shape index (κ3) is 7.10. The van der Waals surface area contributed by atoms with E-state index in [0.29, 0.717) is 17.8 Å². The number of hydrogen-bond acceptors (Lipinski definition) is 0. The van der Waals surface area contributed by atoms with Gasteiger partial charge in [-0.25, -0.2) is 17.6 Å². The lowest BCUT2D eigenvalue weighted by Gasteiger charge is -2.39. The molecule has 1 aliphatic carbocycles. The lowest BCUT2D eigenvalue weighted by Crippen LogP contribution is -2.31. The predicted octanol–water partition coefficient (Wildman–Crippen LogP) is 13.3. The topological polar surface area (TPSA) is 0 Å². The summed E-state index contributed by atoms with van der Waals surface area (Å²) < 4.78 is 57.1. The van der Waals surface area contributed by atoms with E-state index < -0.39 is 23.3 Å². The predicted molar refractivity (Wildman–Crippen MR) is 183 cm³/mol. The van der Waals surface area contributed by atoms with Gasteiger partial charge in [-0.15, -0.1) is 0 Å². The van der Waals surface area contributed by atoms with E-state index in [9.17, 15) is 17.6 Å². The van der Waals surface area contributed by atoms with E-state index in [2.05, 4.69) is 71.9 Å². The van der Waals surface area contributed by atoms with Gasteiger partial charge in [0.2, 0.25) is 0 Å². The molecule has 3 aromatic carbocycles. The first kappa shape index (κ1) is 35.0. The molecule has 0 nitrogen and oxygen atoms in total. The maximum Gasteiger partial charge on any atom is 0.198 e. The quantitative estimate of drug-likeness (QED) is 0.0686. The molecule has 4 heteroatoms. The van der Waals surface area contributed by atoms with Crippen molar-refractivity contribution in [1.29, 1.82) is 0 Å². The monoisotopic (exact) mass is 620 g/mol. The van der Waals surface area contributed by atoms with Crippen LogP contribution in [-0.4, -0.2) is 0 Å². The Hall–Kier alpha value is -2.88. The van der Waals surface area contributed by atoms with Crippen molar-refractivity contribution in [3.63, 3.8) is 0 Å². The molecule has 45 heavy (non-hydrogen) atoms. The molecule has 0 aliphatic heterocycles. The van der Waals surface area contributed by atoms with Crippen molar-refractivity contribution in [3.8, 4) is 11.1 Å². The van der Waals surface area contributed by atoms with Gasteiger partial charge < -0.3 is 0 Å². The van der Waals surface area contributed by atoms with E-state index >= 15 is 0 Å². The maximum absolute atomic E-state index is 14.8. The average molecular weight is 621 g/mol. The zero-order valence-corrected chi connectivity index (χ0v) is 28.4. The van der Waals surface area contributed by atoms with E-state index in [1.165, 1.54) is 79.3 Å². The van der Waals surface area contributed by atoms with Crippen molar-refractivity contribution in [2.24, 2.45) is 11.8 Å². The van der Waals surface area contributed by atoms with Crippen LogP contribution in [0.25, 0.3) is 23.3 Å². The van der Waals surface area contributed by atoms with Gasteiger partial charge in [-0.3, -0.25) is 0 Å². The standard InChI is InChI=1S/C41H52F4/c1-8-12-14-28(10-3)24-41(25-29(11-4)15-13-9-2)35-22-30(16-19-32-27(7)37(42)39(44)40(45)38(32)43)17-20-33(35)34-21-18-31(26(5)6)23-36(34)41/h16-23,26,28-29H,8-15,24-25H2,1-7H3/b19-16+. The van der Waals surface area contributed by atoms with Crippen molar-refractivity contribution in [2.45, 2.75) is 124 Å². The first-order chi connectivity index (χ1) is 21.5. The highest BCUT2D eigenvalue weighted by Crippen LogP contribution is 2.57. The zero-order chi connectivity index (χ0) is 32.9. The molecule has 0 N–H and O–H groups in total. The molecule has 0 heterocycles. The molecule has 3 aromatic rings. The Kier molecular flexibility index (Phi) is 11.8. The fourth-order valence-corrected chi connectivity index (χ4v) is 7.52. The third-order valence-corrected chi connectivity index (χ3v) is 10.4. The van der Waals surface area contributed by atoms with Crippen LogP contribution in [0.4, 0.5) is 17.6 Å². The van der Waals surface area contributed by atoms with Crippen LogP contribution < -0.4 is 0 Å². The second-order valence-electron chi connectivity index (χ2n) is 13.7. The van der Waals surface area contributed by atoms with E-state index in [1.807, 2.05) is 6.07 Å². The molecule has 0 bridgehead atoms. The van der Waals surface area contributed by atoms with E-state index in [-0.39, 0.29) is 16.5 Å². The lowest BCUT2D eigenvalue weighted by atomic mass is 9.64. The first-order valence-corrected chi connectivity index (χ1v) is 17.3. The van der Waals surface area contributed by atoms with Crippen LogP contribution in [0.2, 0.25) is 0 Å².